The predicted molar refractivity (Wildman–Crippen MR) is 73.0 cm³/mol. The molecule has 3 nitrogen and oxygen atoms in total. The van der Waals surface area contributed by atoms with Crippen LogP contribution in [-0.2, 0) is 6.54 Å². The standard InChI is InChI=1S/C14H27N3/c1-3-5-7-14(4-2)8-10-15-11-13-17-12-6-9-16-17/h6,9,12,14-15H,3-5,7-8,10-11,13H2,1-2H3. The number of hydrogen-bond acceptors (Lipinski definition) is 2. The highest BCUT2D eigenvalue weighted by Crippen LogP contribution is 2.15. The van der Waals surface area contributed by atoms with E-state index in [0.29, 0.717) is 0 Å². The highest BCUT2D eigenvalue weighted by Gasteiger charge is 2.04. The van der Waals surface area contributed by atoms with Gasteiger partial charge in [0.05, 0.1) is 6.54 Å². The first-order chi connectivity index (χ1) is 8.36. The molecule has 98 valence electrons. The number of rotatable bonds is 10. The van der Waals surface area contributed by atoms with Crippen molar-refractivity contribution in [3.63, 3.8) is 0 Å². The van der Waals surface area contributed by atoms with Crippen molar-refractivity contribution in [2.45, 2.75) is 52.5 Å². The Morgan fingerprint density at radius 3 is 2.76 bits per heavy atom. The van der Waals surface area contributed by atoms with Gasteiger partial charge in [0.1, 0.15) is 0 Å². The lowest BCUT2D eigenvalue weighted by Crippen LogP contribution is -2.23. The molecule has 1 heterocycles. The highest BCUT2D eigenvalue weighted by atomic mass is 15.3. The molecule has 0 saturated carbocycles. The van der Waals surface area contributed by atoms with Gasteiger partial charge < -0.3 is 5.32 Å². The summed E-state index contributed by atoms with van der Waals surface area (Å²) >= 11 is 0. The molecular formula is C14H27N3. The van der Waals surface area contributed by atoms with Crippen molar-refractivity contribution in [2.75, 3.05) is 13.1 Å². The maximum Gasteiger partial charge on any atom is 0.0533 e. The summed E-state index contributed by atoms with van der Waals surface area (Å²) in [4.78, 5) is 0. The second-order valence-corrected chi connectivity index (χ2v) is 4.72. The zero-order chi connectivity index (χ0) is 12.3. The molecule has 1 N–H and O–H groups in total. The molecule has 0 aromatic carbocycles. The molecule has 0 amide bonds. The van der Waals surface area contributed by atoms with Crippen LogP contribution in [0.3, 0.4) is 0 Å². The Hall–Kier alpha value is -0.830. The second kappa shape index (κ2) is 9.23. The molecule has 0 aliphatic rings. The van der Waals surface area contributed by atoms with Crippen molar-refractivity contribution in [1.29, 1.82) is 0 Å². The summed E-state index contributed by atoms with van der Waals surface area (Å²) in [6, 6.07) is 1.97. The number of aromatic nitrogens is 2. The van der Waals surface area contributed by atoms with Gasteiger partial charge in [0.15, 0.2) is 0 Å². The van der Waals surface area contributed by atoms with Crippen molar-refractivity contribution >= 4 is 0 Å². The fraction of sp³-hybridized carbons (Fsp3) is 0.786. The highest BCUT2D eigenvalue weighted by molar-refractivity contribution is 4.77. The Morgan fingerprint density at radius 2 is 2.12 bits per heavy atom. The molecule has 1 aromatic rings. The molecule has 1 rings (SSSR count). The average molecular weight is 237 g/mol. The van der Waals surface area contributed by atoms with E-state index >= 15 is 0 Å². The zero-order valence-corrected chi connectivity index (χ0v) is 11.4. The molecule has 0 saturated heterocycles. The summed E-state index contributed by atoms with van der Waals surface area (Å²) in [7, 11) is 0. The van der Waals surface area contributed by atoms with Crippen LogP contribution in [0.1, 0.15) is 46.0 Å². The maximum atomic E-state index is 4.18. The third-order valence-electron chi connectivity index (χ3n) is 3.35. The van der Waals surface area contributed by atoms with Crippen LogP contribution in [0.5, 0.6) is 0 Å². The monoisotopic (exact) mass is 237 g/mol. The molecule has 0 radical (unpaired) electrons. The minimum Gasteiger partial charge on any atom is -0.315 e. The topological polar surface area (TPSA) is 29.9 Å². The smallest absolute Gasteiger partial charge is 0.0533 e. The normalized spacial score (nSPS) is 12.8. The van der Waals surface area contributed by atoms with Gasteiger partial charge in [-0.1, -0.05) is 39.5 Å². The number of nitrogens with one attached hydrogen (secondary N) is 1. The first-order valence-electron chi connectivity index (χ1n) is 7.05. The Kier molecular flexibility index (Phi) is 7.72. The molecule has 1 atom stereocenters. The third kappa shape index (κ3) is 6.47. The molecule has 0 spiro atoms. The van der Waals surface area contributed by atoms with Gasteiger partial charge >= 0.3 is 0 Å². The van der Waals surface area contributed by atoms with Crippen molar-refractivity contribution in [3.8, 4) is 0 Å². The average Bonchev–Trinajstić information content (AvgIpc) is 2.85. The maximum absolute atomic E-state index is 4.18. The number of unbranched alkanes of at least 4 members (excludes halogenated alkanes) is 1. The molecular weight excluding hydrogens is 210 g/mol. The van der Waals surface area contributed by atoms with Gasteiger partial charge in [-0.05, 0) is 24.9 Å². The van der Waals surface area contributed by atoms with Crippen LogP contribution in [0, 0.1) is 5.92 Å². The first kappa shape index (κ1) is 14.2. The van der Waals surface area contributed by atoms with Crippen molar-refractivity contribution in [3.05, 3.63) is 18.5 Å². The summed E-state index contributed by atoms with van der Waals surface area (Å²) in [5.74, 6) is 0.909. The summed E-state index contributed by atoms with van der Waals surface area (Å²) in [6.07, 6.45) is 10.6. The molecule has 0 fully saturated rings. The second-order valence-electron chi connectivity index (χ2n) is 4.72. The van der Waals surface area contributed by atoms with Crippen LogP contribution in [0.4, 0.5) is 0 Å². The van der Waals surface area contributed by atoms with Gasteiger partial charge in [-0.2, -0.15) is 5.10 Å². The van der Waals surface area contributed by atoms with Gasteiger partial charge in [0.25, 0.3) is 0 Å². The van der Waals surface area contributed by atoms with E-state index in [0.717, 1.165) is 25.6 Å². The van der Waals surface area contributed by atoms with Gasteiger partial charge in [-0.15, -0.1) is 0 Å². The Bertz CT molecular complexity index is 256. The summed E-state index contributed by atoms with van der Waals surface area (Å²) < 4.78 is 1.97. The van der Waals surface area contributed by atoms with Gasteiger partial charge in [-0.3, -0.25) is 4.68 Å². The quantitative estimate of drug-likeness (QED) is 0.634. The molecule has 3 heteroatoms. The van der Waals surface area contributed by atoms with Crippen LogP contribution in [0.25, 0.3) is 0 Å². The Morgan fingerprint density at radius 1 is 1.24 bits per heavy atom. The summed E-state index contributed by atoms with van der Waals surface area (Å²) in [6.45, 7) is 7.72. The van der Waals surface area contributed by atoms with Gasteiger partial charge in [-0.25, -0.2) is 0 Å². The van der Waals surface area contributed by atoms with E-state index in [9.17, 15) is 0 Å². The van der Waals surface area contributed by atoms with Crippen molar-refractivity contribution in [2.24, 2.45) is 5.92 Å². The Labute approximate surface area is 106 Å². The minimum absolute atomic E-state index is 0.909. The van der Waals surface area contributed by atoms with E-state index in [4.69, 9.17) is 0 Å². The van der Waals surface area contributed by atoms with E-state index in [2.05, 4.69) is 24.3 Å². The largest absolute Gasteiger partial charge is 0.315 e. The SMILES string of the molecule is CCCCC(CC)CCNCCn1cccn1. The van der Waals surface area contributed by atoms with Crippen LogP contribution in [0.2, 0.25) is 0 Å². The third-order valence-corrected chi connectivity index (χ3v) is 3.35. The van der Waals surface area contributed by atoms with E-state index < -0.39 is 0 Å². The first-order valence-corrected chi connectivity index (χ1v) is 7.05. The molecule has 0 bridgehead atoms. The van der Waals surface area contributed by atoms with E-state index in [1.807, 2.05) is 23.1 Å². The van der Waals surface area contributed by atoms with Crippen LogP contribution >= 0.6 is 0 Å². The summed E-state index contributed by atoms with van der Waals surface area (Å²) in [5, 5.41) is 7.69. The lowest BCUT2D eigenvalue weighted by atomic mass is 9.96. The minimum atomic E-state index is 0.909. The predicted octanol–water partition coefficient (Wildman–Crippen LogP) is 3.08. The van der Waals surface area contributed by atoms with Crippen molar-refractivity contribution in [1.82, 2.24) is 15.1 Å². The van der Waals surface area contributed by atoms with Crippen LogP contribution in [0.15, 0.2) is 18.5 Å². The van der Waals surface area contributed by atoms with E-state index in [1.165, 1.54) is 32.1 Å². The van der Waals surface area contributed by atoms with Crippen molar-refractivity contribution < 1.29 is 0 Å². The van der Waals surface area contributed by atoms with Crippen LogP contribution in [-0.4, -0.2) is 22.9 Å². The summed E-state index contributed by atoms with van der Waals surface area (Å²) in [5.41, 5.74) is 0. The molecule has 17 heavy (non-hydrogen) atoms. The number of nitrogens with zero attached hydrogens (tertiary/aromatic N) is 2. The molecule has 0 aliphatic carbocycles. The molecule has 1 unspecified atom stereocenters. The lowest BCUT2D eigenvalue weighted by molar-refractivity contribution is 0.405. The van der Waals surface area contributed by atoms with E-state index in [1.54, 1.807) is 0 Å². The lowest BCUT2D eigenvalue weighted by Gasteiger charge is -2.14. The Balaban J connectivity index is 1.98. The van der Waals surface area contributed by atoms with Crippen LogP contribution < -0.4 is 5.32 Å². The fourth-order valence-corrected chi connectivity index (χ4v) is 2.10. The fourth-order valence-electron chi connectivity index (χ4n) is 2.10. The zero-order valence-electron chi connectivity index (χ0n) is 11.4. The van der Waals surface area contributed by atoms with Gasteiger partial charge in [0, 0.05) is 18.9 Å². The van der Waals surface area contributed by atoms with Gasteiger partial charge in [0.2, 0.25) is 0 Å². The molecule has 0 aliphatic heterocycles. The number of hydrogen-bond donors (Lipinski definition) is 1. The van der Waals surface area contributed by atoms with E-state index in [-0.39, 0.29) is 0 Å². The molecule has 1 aromatic heterocycles.